The quantitative estimate of drug-likeness (QED) is 0.879. The Morgan fingerprint density at radius 3 is 2.90 bits per heavy atom. The van der Waals surface area contributed by atoms with Gasteiger partial charge in [0.05, 0.1) is 5.02 Å². The lowest BCUT2D eigenvalue weighted by Crippen LogP contribution is -2.24. The topological polar surface area (TPSA) is 60.2 Å². The van der Waals surface area contributed by atoms with Crippen molar-refractivity contribution in [1.82, 2.24) is 15.5 Å². The summed E-state index contributed by atoms with van der Waals surface area (Å²) in [5.74, 6) is 0.916. The van der Waals surface area contributed by atoms with Crippen molar-refractivity contribution in [1.29, 1.82) is 0 Å². The predicted octanol–water partition coefficient (Wildman–Crippen LogP) is 3.01. The summed E-state index contributed by atoms with van der Waals surface area (Å²) in [7, 11) is 1.87. The van der Waals surface area contributed by atoms with E-state index in [1.54, 1.807) is 0 Å². The molecule has 0 fully saturated rings. The molecule has 21 heavy (non-hydrogen) atoms. The smallest absolute Gasteiger partial charge is 0.264 e. The molecule has 0 saturated carbocycles. The third-order valence-corrected chi connectivity index (χ3v) is 3.03. The normalized spacial score (nSPS) is 11.8. The molecule has 116 valence electrons. The second-order valence-electron chi connectivity index (χ2n) is 4.36. The van der Waals surface area contributed by atoms with Crippen LogP contribution in [0.25, 0.3) is 0 Å². The third-order valence-electron chi connectivity index (χ3n) is 2.74. The molecule has 1 N–H and O–H groups in total. The van der Waals surface area contributed by atoms with E-state index in [9.17, 15) is 4.39 Å². The van der Waals surface area contributed by atoms with Crippen LogP contribution in [0.2, 0.25) is 5.02 Å². The summed E-state index contributed by atoms with van der Waals surface area (Å²) in [4.78, 5) is 4.20. The van der Waals surface area contributed by atoms with Crippen molar-refractivity contribution < 1.29 is 13.7 Å². The van der Waals surface area contributed by atoms with Crippen LogP contribution in [0, 0.1) is 5.82 Å². The average Bonchev–Trinajstić information content (AvgIpc) is 2.85. The van der Waals surface area contributed by atoms with Crippen LogP contribution in [0.5, 0.6) is 5.75 Å². The number of halogens is 3. The highest BCUT2D eigenvalue weighted by molar-refractivity contribution is 6.32. The molecular weight excluding hydrogens is 320 g/mol. The van der Waals surface area contributed by atoms with Crippen molar-refractivity contribution in [2.45, 2.75) is 26.0 Å². The minimum Gasteiger partial charge on any atom is -0.482 e. The average molecular weight is 336 g/mol. The van der Waals surface area contributed by atoms with Gasteiger partial charge in [-0.25, -0.2) is 4.39 Å². The highest BCUT2D eigenvalue weighted by atomic mass is 35.5. The standard InChI is InChI=1S/C13H15ClFN3O2.ClH/c1-8(16-2)5-12-17-13(20-18-12)7-19-11-4-3-9(15)6-10(11)14;/h3-4,6,8,16H,5,7H2,1-2H3;1H. The van der Waals surface area contributed by atoms with Gasteiger partial charge in [0.15, 0.2) is 12.4 Å². The second-order valence-corrected chi connectivity index (χ2v) is 4.77. The van der Waals surface area contributed by atoms with Crippen molar-refractivity contribution in [3.63, 3.8) is 0 Å². The molecule has 0 aliphatic rings. The van der Waals surface area contributed by atoms with E-state index in [1.165, 1.54) is 18.2 Å². The summed E-state index contributed by atoms with van der Waals surface area (Å²) < 4.78 is 23.4. The van der Waals surface area contributed by atoms with Crippen LogP contribution < -0.4 is 10.1 Å². The number of likely N-dealkylation sites (N-methyl/N-ethyl adjacent to an activating group) is 1. The molecule has 2 aromatic rings. The van der Waals surface area contributed by atoms with Gasteiger partial charge in [-0.15, -0.1) is 12.4 Å². The molecule has 8 heteroatoms. The summed E-state index contributed by atoms with van der Waals surface area (Å²) >= 11 is 5.85. The summed E-state index contributed by atoms with van der Waals surface area (Å²) in [6.45, 7) is 2.11. The van der Waals surface area contributed by atoms with Crippen LogP contribution in [-0.2, 0) is 13.0 Å². The van der Waals surface area contributed by atoms with Crippen LogP contribution in [0.1, 0.15) is 18.6 Å². The van der Waals surface area contributed by atoms with Gasteiger partial charge in [-0.1, -0.05) is 16.8 Å². The van der Waals surface area contributed by atoms with Crippen molar-refractivity contribution in [3.05, 3.63) is 40.8 Å². The van der Waals surface area contributed by atoms with Crippen LogP contribution in [0.4, 0.5) is 4.39 Å². The van der Waals surface area contributed by atoms with Crippen molar-refractivity contribution in [2.24, 2.45) is 0 Å². The number of hydrogen-bond acceptors (Lipinski definition) is 5. The van der Waals surface area contributed by atoms with E-state index < -0.39 is 5.82 Å². The lowest BCUT2D eigenvalue weighted by molar-refractivity contribution is 0.242. The van der Waals surface area contributed by atoms with Crippen LogP contribution in [0.15, 0.2) is 22.7 Å². The predicted molar refractivity (Wildman–Crippen MR) is 79.5 cm³/mol. The van der Waals surface area contributed by atoms with Gasteiger partial charge in [0, 0.05) is 12.5 Å². The molecule has 1 atom stereocenters. The Hall–Kier alpha value is -1.37. The zero-order chi connectivity index (χ0) is 14.5. The third kappa shape index (κ3) is 5.15. The largest absolute Gasteiger partial charge is 0.482 e. The van der Waals surface area contributed by atoms with Crippen molar-refractivity contribution in [2.75, 3.05) is 7.05 Å². The zero-order valence-corrected chi connectivity index (χ0v) is 13.2. The molecular formula is C13H16Cl2FN3O2. The Morgan fingerprint density at radius 2 is 2.24 bits per heavy atom. The highest BCUT2D eigenvalue weighted by Crippen LogP contribution is 2.25. The zero-order valence-electron chi connectivity index (χ0n) is 11.6. The van der Waals surface area contributed by atoms with Gasteiger partial charge in [0.25, 0.3) is 5.89 Å². The number of ether oxygens (including phenoxy) is 1. The maximum absolute atomic E-state index is 12.9. The van der Waals surface area contributed by atoms with Crippen molar-refractivity contribution in [3.8, 4) is 5.75 Å². The number of hydrogen-bond donors (Lipinski definition) is 1. The molecule has 0 radical (unpaired) electrons. The number of nitrogens with one attached hydrogen (secondary N) is 1. The van der Waals surface area contributed by atoms with Gasteiger partial charge < -0.3 is 14.6 Å². The second kappa shape index (κ2) is 8.17. The van der Waals surface area contributed by atoms with E-state index in [0.29, 0.717) is 23.9 Å². The fourth-order valence-electron chi connectivity index (χ4n) is 1.54. The first kappa shape index (κ1) is 17.7. The number of aromatic nitrogens is 2. The first-order chi connectivity index (χ1) is 9.58. The Morgan fingerprint density at radius 1 is 1.48 bits per heavy atom. The first-order valence-electron chi connectivity index (χ1n) is 6.15. The maximum atomic E-state index is 12.9. The molecule has 0 aliphatic carbocycles. The Kier molecular flexibility index (Phi) is 6.87. The van der Waals surface area contributed by atoms with Gasteiger partial charge >= 0.3 is 0 Å². The molecule has 1 aromatic heterocycles. The maximum Gasteiger partial charge on any atom is 0.264 e. The minimum atomic E-state index is -0.413. The molecule has 5 nitrogen and oxygen atoms in total. The molecule has 0 spiro atoms. The first-order valence-corrected chi connectivity index (χ1v) is 6.53. The summed E-state index contributed by atoms with van der Waals surface area (Å²) in [5, 5.41) is 7.14. The summed E-state index contributed by atoms with van der Waals surface area (Å²) in [6.07, 6.45) is 0.664. The molecule has 0 saturated heterocycles. The molecule has 0 amide bonds. The Bertz CT molecular complexity index is 580. The van der Waals surface area contributed by atoms with Crippen LogP contribution in [0.3, 0.4) is 0 Å². The van der Waals surface area contributed by atoms with Gasteiger partial charge in [0.1, 0.15) is 11.6 Å². The number of benzene rings is 1. The van der Waals surface area contributed by atoms with Gasteiger partial charge in [-0.3, -0.25) is 0 Å². The van der Waals surface area contributed by atoms with E-state index in [2.05, 4.69) is 15.5 Å². The van der Waals surface area contributed by atoms with Crippen molar-refractivity contribution >= 4 is 24.0 Å². The van der Waals surface area contributed by atoms with Gasteiger partial charge in [0.2, 0.25) is 0 Å². The Balaban J connectivity index is 0.00000220. The number of nitrogens with zero attached hydrogens (tertiary/aromatic N) is 2. The molecule has 1 heterocycles. The van der Waals surface area contributed by atoms with Gasteiger partial charge in [-0.2, -0.15) is 4.98 Å². The van der Waals surface area contributed by atoms with Crippen LogP contribution in [-0.4, -0.2) is 23.2 Å². The molecule has 0 bridgehead atoms. The van der Waals surface area contributed by atoms with E-state index in [1.807, 2.05) is 14.0 Å². The van der Waals surface area contributed by atoms with E-state index in [0.717, 1.165) is 0 Å². The minimum absolute atomic E-state index is 0. The Labute approximate surface area is 133 Å². The number of rotatable bonds is 6. The SMILES string of the molecule is CNC(C)Cc1noc(COc2ccc(F)cc2Cl)n1.Cl. The highest BCUT2D eigenvalue weighted by Gasteiger charge is 2.11. The summed E-state index contributed by atoms with van der Waals surface area (Å²) in [6, 6.07) is 4.17. The molecule has 0 aliphatic heterocycles. The van der Waals surface area contributed by atoms with E-state index >= 15 is 0 Å². The van der Waals surface area contributed by atoms with E-state index in [-0.39, 0.29) is 30.1 Å². The van der Waals surface area contributed by atoms with E-state index in [4.69, 9.17) is 20.9 Å². The lowest BCUT2D eigenvalue weighted by atomic mass is 10.2. The molecule has 1 unspecified atom stereocenters. The fourth-order valence-corrected chi connectivity index (χ4v) is 1.76. The van der Waals surface area contributed by atoms with Gasteiger partial charge in [-0.05, 0) is 32.2 Å². The molecule has 2 rings (SSSR count). The van der Waals surface area contributed by atoms with Crippen LogP contribution >= 0.6 is 24.0 Å². The molecule has 1 aromatic carbocycles. The fraction of sp³-hybridized carbons (Fsp3) is 0.385. The monoisotopic (exact) mass is 335 g/mol. The summed E-state index contributed by atoms with van der Waals surface area (Å²) in [5.41, 5.74) is 0. The lowest BCUT2D eigenvalue weighted by Gasteiger charge is -2.05.